The second kappa shape index (κ2) is 16.9. The first-order valence-electron chi connectivity index (χ1n) is 15.9. The van der Waals surface area contributed by atoms with Gasteiger partial charge in [0.25, 0.3) is 0 Å². The normalized spacial score (nSPS) is 17.4. The Balaban J connectivity index is 1.25. The lowest BCUT2D eigenvalue weighted by Gasteiger charge is -2.27. The van der Waals surface area contributed by atoms with Gasteiger partial charge in [0.15, 0.2) is 0 Å². The molecule has 1 unspecified atom stereocenters. The second-order valence-corrected chi connectivity index (χ2v) is 13.8. The van der Waals surface area contributed by atoms with Crippen molar-refractivity contribution in [2.75, 3.05) is 39.3 Å². The summed E-state index contributed by atoms with van der Waals surface area (Å²) in [5, 5.41) is 23.1. The first-order chi connectivity index (χ1) is 21.2. The number of carboxylic acid groups (broad SMARTS) is 1. The summed E-state index contributed by atoms with van der Waals surface area (Å²) in [6.45, 7) is 3.80. The third-order valence-electron chi connectivity index (χ3n) is 8.92. The number of carboxylic acids is 1. The Bertz CT molecular complexity index is 1330. The molecule has 44 heavy (non-hydrogen) atoms. The van der Waals surface area contributed by atoms with Gasteiger partial charge in [-0.25, -0.2) is 8.42 Å². The van der Waals surface area contributed by atoms with Crippen LogP contribution in [0.1, 0.15) is 57.8 Å². The van der Waals surface area contributed by atoms with E-state index in [9.17, 15) is 27.9 Å². The van der Waals surface area contributed by atoms with Crippen molar-refractivity contribution in [1.29, 1.82) is 0 Å². The fourth-order valence-corrected chi connectivity index (χ4v) is 7.65. The molecule has 2 heterocycles. The highest BCUT2D eigenvalue weighted by Crippen LogP contribution is 2.27. The molecule has 2 aromatic carbocycles. The third kappa shape index (κ3) is 10.3. The van der Waals surface area contributed by atoms with Crippen molar-refractivity contribution in [3.05, 3.63) is 42.5 Å². The molecule has 2 aliphatic rings. The Morgan fingerprint density at radius 1 is 0.841 bits per heavy atom. The lowest BCUT2D eigenvalue weighted by atomic mass is 9.84. The minimum absolute atomic E-state index is 0.0353. The number of fused-ring (bicyclic) bond motifs is 1. The first-order valence-corrected chi connectivity index (χ1v) is 17.4. The summed E-state index contributed by atoms with van der Waals surface area (Å²) < 4.78 is 28.4. The molecule has 2 fully saturated rings. The van der Waals surface area contributed by atoms with Crippen LogP contribution in [0.3, 0.4) is 0 Å². The number of benzene rings is 2. The van der Waals surface area contributed by atoms with Gasteiger partial charge in [-0.15, -0.1) is 0 Å². The van der Waals surface area contributed by atoms with E-state index in [1.54, 1.807) is 36.4 Å². The first kappa shape index (κ1) is 33.8. The van der Waals surface area contributed by atoms with Gasteiger partial charge in [0, 0.05) is 30.8 Å². The van der Waals surface area contributed by atoms with Crippen LogP contribution >= 0.6 is 0 Å². The Morgan fingerprint density at radius 3 is 2.05 bits per heavy atom. The van der Waals surface area contributed by atoms with Gasteiger partial charge in [-0.2, -0.15) is 4.72 Å². The average molecular weight is 630 g/mol. The Labute approximate surface area is 260 Å². The van der Waals surface area contributed by atoms with E-state index in [2.05, 4.69) is 26.0 Å². The number of rotatable bonds is 16. The van der Waals surface area contributed by atoms with Crippen LogP contribution in [0.2, 0.25) is 0 Å². The Kier molecular flexibility index (Phi) is 13.0. The van der Waals surface area contributed by atoms with Crippen LogP contribution in [0.25, 0.3) is 10.8 Å². The number of sulfonamides is 1. The predicted molar refractivity (Wildman–Crippen MR) is 169 cm³/mol. The van der Waals surface area contributed by atoms with Crippen LogP contribution < -0.4 is 26.0 Å². The number of carbonyl (C=O) groups is 3. The Hall–Kier alpha value is -3.06. The van der Waals surface area contributed by atoms with E-state index < -0.39 is 34.5 Å². The van der Waals surface area contributed by atoms with E-state index in [1.807, 2.05) is 0 Å². The van der Waals surface area contributed by atoms with Gasteiger partial charge in [0.05, 0.1) is 4.90 Å². The summed E-state index contributed by atoms with van der Waals surface area (Å²) in [6.07, 6.45) is 8.24. The molecule has 0 bridgehead atoms. The van der Waals surface area contributed by atoms with Gasteiger partial charge in [0.2, 0.25) is 21.8 Å². The number of aliphatic carboxylic acids is 1. The van der Waals surface area contributed by atoms with E-state index in [-0.39, 0.29) is 29.7 Å². The van der Waals surface area contributed by atoms with Crippen molar-refractivity contribution in [2.24, 2.45) is 17.8 Å². The molecule has 242 valence electrons. The molecule has 2 aliphatic heterocycles. The molecule has 2 amide bonds. The number of hydrogen-bond acceptors (Lipinski definition) is 7. The molecular formula is C32H47N5O6S. The lowest BCUT2D eigenvalue weighted by Crippen LogP contribution is -2.48. The van der Waals surface area contributed by atoms with Crippen molar-refractivity contribution in [1.82, 2.24) is 26.0 Å². The SMILES string of the molecule is O=C(CCNC(=O)C(CCC1CCNCC1)CCC1CCNCC1)NCC(NS(=O)(=O)c1cccc2ccccc12)C(=O)O. The smallest absolute Gasteiger partial charge is 0.323 e. The molecule has 0 radical (unpaired) electrons. The molecule has 0 aromatic heterocycles. The standard InChI is InChI=1S/C32H47N5O6S/c38-30(36-22-28(32(40)41)37-44(42,43)29-7-3-5-25-4-1-2-6-27(25)29)16-21-35-31(39)26(10-8-23-12-17-33-18-13-23)11-9-24-14-19-34-20-15-24/h1-7,23-24,26,28,33-34,37H,8-22H2,(H,35,39)(H,36,38)(H,40,41). The van der Waals surface area contributed by atoms with Crippen LogP contribution in [0.5, 0.6) is 0 Å². The summed E-state index contributed by atoms with van der Waals surface area (Å²) in [7, 11) is -4.19. The van der Waals surface area contributed by atoms with E-state index in [0.29, 0.717) is 22.6 Å². The van der Waals surface area contributed by atoms with Crippen LogP contribution in [0, 0.1) is 17.8 Å². The van der Waals surface area contributed by atoms with Crippen LogP contribution in [-0.2, 0) is 24.4 Å². The molecule has 4 rings (SSSR count). The number of nitrogens with one attached hydrogen (secondary N) is 5. The average Bonchev–Trinajstić information content (AvgIpc) is 3.03. The minimum Gasteiger partial charge on any atom is -0.480 e. The quantitative estimate of drug-likeness (QED) is 0.165. The van der Waals surface area contributed by atoms with E-state index in [1.165, 1.54) is 6.07 Å². The van der Waals surface area contributed by atoms with Gasteiger partial charge in [-0.05, 0) is 101 Å². The molecule has 0 aliphatic carbocycles. The largest absolute Gasteiger partial charge is 0.480 e. The summed E-state index contributed by atoms with van der Waals surface area (Å²) >= 11 is 0. The van der Waals surface area contributed by atoms with Crippen molar-refractivity contribution in [3.63, 3.8) is 0 Å². The van der Waals surface area contributed by atoms with E-state index in [4.69, 9.17) is 0 Å². The van der Waals surface area contributed by atoms with Gasteiger partial charge in [-0.1, -0.05) is 36.4 Å². The van der Waals surface area contributed by atoms with Crippen LogP contribution in [0.15, 0.2) is 47.4 Å². The molecule has 12 heteroatoms. The number of hydrogen-bond donors (Lipinski definition) is 6. The maximum atomic E-state index is 13.2. The molecule has 1 atom stereocenters. The zero-order valence-electron chi connectivity index (χ0n) is 25.4. The van der Waals surface area contributed by atoms with Crippen LogP contribution in [0.4, 0.5) is 0 Å². The molecular weight excluding hydrogens is 582 g/mol. The lowest BCUT2D eigenvalue weighted by molar-refractivity contribution is -0.139. The highest BCUT2D eigenvalue weighted by atomic mass is 32.2. The maximum Gasteiger partial charge on any atom is 0.323 e. The fraction of sp³-hybridized carbons (Fsp3) is 0.594. The fourth-order valence-electron chi connectivity index (χ4n) is 6.23. The molecule has 11 nitrogen and oxygen atoms in total. The van der Waals surface area contributed by atoms with E-state index in [0.717, 1.165) is 77.5 Å². The van der Waals surface area contributed by atoms with Gasteiger partial charge < -0.3 is 26.4 Å². The topological polar surface area (TPSA) is 166 Å². The summed E-state index contributed by atoms with van der Waals surface area (Å²) in [5.41, 5.74) is 0. The zero-order valence-corrected chi connectivity index (χ0v) is 26.2. The van der Waals surface area contributed by atoms with Crippen molar-refractivity contribution >= 4 is 38.6 Å². The highest BCUT2D eigenvalue weighted by molar-refractivity contribution is 7.89. The van der Waals surface area contributed by atoms with Gasteiger partial charge in [0.1, 0.15) is 6.04 Å². The Morgan fingerprint density at radius 2 is 1.43 bits per heavy atom. The number of carbonyl (C=O) groups excluding carboxylic acids is 2. The highest BCUT2D eigenvalue weighted by Gasteiger charge is 2.28. The van der Waals surface area contributed by atoms with Crippen molar-refractivity contribution < 1.29 is 27.9 Å². The molecule has 0 spiro atoms. The third-order valence-corrected chi connectivity index (χ3v) is 10.5. The molecule has 0 saturated carbocycles. The number of piperidine rings is 2. The zero-order chi connectivity index (χ0) is 31.4. The predicted octanol–water partition coefficient (Wildman–Crippen LogP) is 2.37. The van der Waals surface area contributed by atoms with Crippen LogP contribution in [-0.4, -0.2) is 76.6 Å². The second-order valence-electron chi connectivity index (χ2n) is 12.1. The molecule has 2 saturated heterocycles. The number of amides is 2. The molecule has 2 aromatic rings. The molecule has 6 N–H and O–H groups in total. The van der Waals surface area contributed by atoms with Crippen molar-refractivity contribution in [3.8, 4) is 0 Å². The summed E-state index contributed by atoms with van der Waals surface area (Å²) in [4.78, 5) is 37.6. The van der Waals surface area contributed by atoms with E-state index >= 15 is 0 Å². The monoisotopic (exact) mass is 629 g/mol. The minimum atomic E-state index is -4.19. The summed E-state index contributed by atoms with van der Waals surface area (Å²) in [5.74, 6) is -0.739. The van der Waals surface area contributed by atoms with Gasteiger partial charge in [-0.3, -0.25) is 14.4 Å². The summed E-state index contributed by atoms with van der Waals surface area (Å²) in [6, 6.07) is 10.1. The van der Waals surface area contributed by atoms with Gasteiger partial charge >= 0.3 is 5.97 Å². The van der Waals surface area contributed by atoms with Crippen molar-refractivity contribution in [2.45, 2.75) is 68.7 Å². The maximum absolute atomic E-state index is 13.2.